The fraction of sp³-hybridized carbons (Fsp3) is 0.500. The Kier molecular flexibility index (Phi) is 3.80. The van der Waals surface area contributed by atoms with Crippen molar-refractivity contribution in [3.05, 3.63) is 29.0 Å². The zero-order valence-electron chi connectivity index (χ0n) is 13.6. The van der Waals surface area contributed by atoms with Crippen LogP contribution in [0.15, 0.2) is 22.6 Å². The molecule has 0 unspecified atom stereocenters. The quantitative estimate of drug-likeness (QED) is 0.882. The van der Waals surface area contributed by atoms with Crippen molar-refractivity contribution in [3.8, 4) is 0 Å². The van der Waals surface area contributed by atoms with E-state index < -0.39 is 7.12 Å². The predicted octanol–water partition coefficient (Wildman–Crippen LogP) is 3.10. The average molecular weight is 322 g/mol. The van der Waals surface area contributed by atoms with E-state index in [2.05, 4.69) is 5.32 Å². The Balaban J connectivity index is 1.99. The SMILES string of the molecule is CNCc1cc2cc(B3OC(C)(C)C(C)(C)O3)cc(Cl)c2o1. The first kappa shape index (κ1) is 15.9. The van der Waals surface area contributed by atoms with Gasteiger partial charge in [-0.05, 0) is 52.3 Å². The number of rotatable bonds is 3. The number of nitrogens with one attached hydrogen (secondary N) is 1. The van der Waals surface area contributed by atoms with Crippen molar-refractivity contribution in [3.63, 3.8) is 0 Å². The summed E-state index contributed by atoms with van der Waals surface area (Å²) in [5.74, 6) is 0.852. The van der Waals surface area contributed by atoms with E-state index in [0.717, 1.165) is 16.6 Å². The normalized spacial score (nSPS) is 20.0. The highest BCUT2D eigenvalue weighted by Crippen LogP contribution is 2.37. The summed E-state index contributed by atoms with van der Waals surface area (Å²) in [5, 5.41) is 4.60. The highest BCUT2D eigenvalue weighted by Gasteiger charge is 2.51. The molecule has 4 nitrogen and oxygen atoms in total. The summed E-state index contributed by atoms with van der Waals surface area (Å²) in [6.07, 6.45) is 0. The van der Waals surface area contributed by atoms with E-state index in [1.54, 1.807) is 0 Å². The van der Waals surface area contributed by atoms with Gasteiger partial charge in [-0.2, -0.15) is 0 Å². The number of halogens is 1. The largest absolute Gasteiger partial charge is 0.494 e. The molecule has 0 saturated carbocycles. The molecule has 1 aromatic carbocycles. The smallest absolute Gasteiger partial charge is 0.458 e. The van der Waals surface area contributed by atoms with Crippen molar-refractivity contribution in [2.24, 2.45) is 0 Å². The fourth-order valence-corrected chi connectivity index (χ4v) is 2.84. The molecule has 0 bridgehead atoms. The lowest BCUT2D eigenvalue weighted by Gasteiger charge is -2.32. The van der Waals surface area contributed by atoms with Crippen molar-refractivity contribution < 1.29 is 13.7 Å². The van der Waals surface area contributed by atoms with Gasteiger partial charge in [-0.15, -0.1) is 0 Å². The second-order valence-corrected chi connectivity index (χ2v) is 7.16. The molecule has 1 aromatic heterocycles. The molecule has 1 N–H and O–H groups in total. The zero-order chi connectivity index (χ0) is 16.1. The molecular formula is C16H21BClNO3. The molecule has 2 heterocycles. The highest BCUT2D eigenvalue weighted by molar-refractivity contribution is 6.63. The van der Waals surface area contributed by atoms with Crippen LogP contribution < -0.4 is 10.8 Å². The lowest BCUT2D eigenvalue weighted by molar-refractivity contribution is 0.00578. The second-order valence-electron chi connectivity index (χ2n) is 6.75. The number of hydrogen-bond acceptors (Lipinski definition) is 4. The Morgan fingerprint density at radius 3 is 2.32 bits per heavy atom. The zero-order valence-corrected chi connectivity index (χ0v) is 14.4. The molecule has 6 heteroatoms. The molecule has 0 radical (unpaired) electrons. The maximum absolute atomic E-state index is 6.37. The van der Waals surface area contributed by atoms with Crippen LogP contribution >= 0.6 is 11.6 Å². The van der Waals surface area contributed by atoms with E-state index in [9.17, 15) is 0 Å². The molecule has 1 saturated heterocycles. The molecule has 118 valence electrons. The summed E-state index contributed by atoms with van der Waals surface area (Å²) < 4.78 is 17.9. The molecule has 3 rings (SSSR count). The predicted molar refractivity (Wildman–Crippen MR) is 89.7 cm³/mol. The van der Waals surface area contributed by atoms with Crippen LogP contribution in [0.4, 0.5) is 0 Å². The molecule has 0 amide bonds. The summed E-state index contributed by atoms with van der Waals surface area (Å²) in [5.41, 5.74) is 0.875. The monoisotopic (exact) mass is 321 g/mol. The summed E-state index contributed by atoms with van der Waals surface area (Å²) >= 11 is 6.37. The molecular weight excluding hydrogens is 300 g/mol. The number of fused-ring (bicyclic) bond motifs is 1. The summed E-state index contributed by atoms with van der Waals surface area (Å²) in [4.78, 5) is 0. The van der Waals surface area contributed by atoms with E-state index in [0.29, 0.717) is 17.2 Å². The minimum Gasteiger partial charge on any atom is -0.458 e. The van der Waals surface area contributed by atoms with Crippen molar-refractivity contribution in [1.82, 2.24) is 5.32 Å². The Bertz CT molecular complexity index is 695. The lowest BCUT2D eigenvalue weighted by atomic mass is 9.78. The molecule has 22 heavy (non-hydrogen) atoms. The van der Waals surface area contributed by atoms with Gasteiger partial charge in [0.05, 0.1) is 22.8 Å². The Labute approximate surface area is 136 Å². The summed E-state index contributed by atoms with van der Waals surface area (Å²) in [6.45, 7) is 8.81. The third kappa shape index (κ3) is 2.56. The van der Waals surface area contributed by atoms with Crippen molar-refractivity contribution in [2.45, 2.75) is 45.4 Å². The van der Waals surface area contributed by atoms with Crippen LogP contribution in [0, 0.1) is 0 Å². The first-order chi connectivity index (χ1) is 10.2. The topological polar surface area (TPSA) is 43.6 Å². The van der Waals surface area contributed by atoms with Crippen LogP contribution in [0.3, 0.4) is 0 Å². The molecule has 2 aromatic rings. The Morgan fingerprint density at radius 1 is 1.09 bits per heavy atom. The van der Waals surface area contributed by atoms with E-state index >= 15 is 0 Å². The van der Waals surface area contributed by atoms with Gasteiger partial charge in [-0.1, -0.05) is 17.7 Å². The van der Waals surface area contributed by atoms with Crippen LogP contribution in [0.1, 0.15) is 33.5 Å². The number of benzene rings is 1. The van der Waals surface area contributed by atoms with E-state index in [1.807, 2.05) is 52.9 Å². The lowest BCUT2D eigenvalue weighted by Crippen LogP contribution is -2.41. The summed E-state index contributed by atoms with van der Waals surface area (Å²) in [7, 11) is 1.46. The average Bonchev–Trinajstić information content (AvgIpc) is 2.89. The third-order valence-electron chi connectivity index (χ3n) is 4.52. The van der Waals surface area contributed by atoms with Crippen LogP contribution in [-0.2, 0) is 15.9 Å². The van der Waals surface area contributed by atoms with Crippen molar-refractivity contribution in [1.29, 1.82) is 0 Å². The van der Waals surface area contributed by atoms with Gasteiger partial charge in [-0.25, -0.2) is 0 Å². The minimum absolute atomic E-state index is 0.368. The van der Waals surface area contributed by atoms with E-state index in [-0.39, 0.29) is 11.2 Å². The summed E-state index contributed by atoms with van der Waals surface area (Å²) in [6, 6.07) is 5.87. The van der Waals surface area contributed by atoms with Crippen LogP contribution in [0.25, 0.3) is 11.0 Å². The van der Waals surface area contributed by atoms with Gasteiger partial charge >= 0.3 is 7.12 Å². The van der Waals surface area contributed by atoms with Crippen LogP contribution in [0.5, 0.6) is 0 Å². The van der Waals surface area contributed by atoms with Gasteiger partial charge in [-0.3, -0.25) is 0 Å². The van der Waals surface area contributed by atoms with Gasteiger partial charge in [0.1, 0.15) is 5.76 Å². The molecule has 0 aliphatic carbocycles. The first-order valence-corrected chi connectivity index (χ1v) is 7.83. The molecule has 0 atom stereocenters. The van der Waals surface area contributed by atoms with Crippen molar-refractivity contribution in [2.75, 3.05) is 7.05 Å². The minimum atomic E-state index is -0.422. The van der Waals surface area contributed by atoms with Gasteiger partial charge in [0.2, 0.25) is 0 Å². The standard InChI is InChI=1S/C16H21BClNO3/c1-15(2)16(3,4)22-17(21-15)11-6-10-7-12(9-19-5)20-14(10)13(18)8-11/h6-8,19H,9H2,1-5H3. The Hall–Kier alpha value is -1.01. The first-order valence-electron chi connectivity index (χ1n) is 7.45. The van der Waals surface area contributed by atoms with Gasteiger partial charge in [0.15, 0.2) is 5.58 Å². The van der Waals surface area contributed by atoms with Gasteiger partial charge in [0.25, 0.3) is 0 Å². The molecule has 1 aliphatic rings. The van der Waals surface area contributed by atoms with Crippen LogP contribution in [0.2, 0.25) is 5.02 Å². The number of furan rings is 1. The van der Waals surface area contributed by atoms with Gasteiger partial charge in [0, 0.05) is 5.39 Å². The van der Waals surface area contributed by atoms with Gasteiger partial charge < -0.3 is 19.0 Å². The third-order valence-corrected chi connectivity index (χ3v) is 4.80. The van der Waals surface area contributed by atoms with E-state index in [1.165, 1.54) is 0 Å². The maximum atomic E-state index is 6.37. The van der Waals surface area contributed by atoms with Crippen molar-refractivity contribution >= 4 is 35.2 Å². The Morgan fingerprint density at radius 2 is 1.73 bits per heavy atom. The highest BCUT2D eigenvalue weighted by atomic mass is 35.5. The molecule has 0 spiro atoms. The molecule has 1 fully saturated rings. The molecule has 1 aliphatic heterocycles. The van der Waals surface area contributed by atoms with E-state index in [4.69, 9.17) is 25.3 Å². The second kappa shape index (κ2) is 5.27. The van der Waals surface area contributed by atoms with Crippen LogP contribution in [-0.4, -0.2) is 25.4 Å². The maximum Gasteiger partial charge on any atom is 0.494 e. The number of hydrogen-bond donors (Lipinski definition) is 1. The fourth-order valence-electron chi connectivity index (χ4n) is 2.56.